The van der Waals surface area contributed by atoms with E-state index in [-0.39, 0.29) is 5.91 Å². The monoisotopic (exact) mass is 245 g/mol. The predicted molar refractivity (Wildman–Crippen MR) is 72.2 cm³/mol. The molecule has 0 heterocycles. The second-order valence-electron chi connectivity index (χ2n) is 3.97. The van der Waals surface area contributed by atoms with Gasteiger partial charge < -0.3 is 10.2 Å². The second kappa shape index (κ2) is 8.26. The van der Waals surface area contributed by atoms with Crippen molar-refractivity contribution in [2.24, 2.45) is 0 Å². The SMILES string of the molecule is CCCNCC(=O)N(CCC#N)c1ccccc1. The molecule has 4 heteroatoms. The van der Waals surface area contributed by atoms with E-state index in [4.69, 9.17) is 5.26 Å². The van der Waals surface area contributed by atoms with E-state index in [0.717, 1.165) is 18.7 Å². The van der Waals surface area contributed by atoms with Crippen molar-refractivity contribution in [3.05, 3.63) is 30.3 Å². The first kappa shape index (κ1) is 14.2. The van der Waals surface area contributed by atoms with Crippen LogP contribution in [0.1, 0.15) is 19.8 Å². The van der Waals surface area contributed by atoms with E-state index < -0.39 is 0 Å². The summed E-state index contributed by atoms with van der Waals surface area (Å²) < 4.78 is 0. The number of carbonyl (C=O) groups is 1. The van der Waals surface area contributed by atoms with Crippen LogP contribution in [0.15, 0.2) is 30.3 Å². The lowest BCUT2D eigenvalue weighted by molar-refractivity contribution is -0.117. The standard InChI is InChI=1S/C14H19N3O/c1-2-10-16-12-14(18)17(11-6-9-15)13-7-4-3-5-8-13/h3-5,7-8,16H,2,6,10-12H2,1H3. The molecule has 0 fully saturated rings. The lowest BCUT2D eigenvalue weighted by Crippen LogP contribution is -2.39. The number of benzene rings is 1. The molecular formula is C14H19N3O. The maximum absolute atomic E-state index is 12.1. The molecule has 1 aromatic carbocycles. The van der Waals surface area contributed by atoms with Gasteiger partial charge in [-0.1, -0.05) is 25.1 Å². The van der Waals surface area contributed by atoms with Gasteiger partial charge in [-0.25, -0.2) is 0 Å². The number of rotatable bonds is 7. The Labute approximate surface area is 108 Å². The summed E-state index contributed by atoms with van der Waals surface area (Å²) in [6, 6.07) is 11.5. The van der Waals surface area contributed by atoms with Crippen LogP contribution in [0.25, 0.3) is 0 Å². The van der Waals surface area contributed by atoms with Crippen LogP contribution in [0.3, 0.4) is 0 Å². The highest BCUT2D eigenvalue weighted by atomic mass is 16.2. The second-order valence-corrected chi connectivity index (χ2v) is 3.97. The molecule has 0 radical (unpaired) electrons. The van der Waals surface area contributed by atoms with Crippen molar-refractivity contribution in [1.29, 1.82) is 5.26 Å². The summed E-state index contributed by atoms with van der Waals surface area (Å²) in [6.07, 6.45) is 1.34. The first-order chi connectivity index (χ1) is 8.79. The van der Waals surface area contributed by atoms with Gasteiger partial charge in [-0.15, -0.1) is 0 Å². The Morgan fingerprint density at radius 2 is 2.11 bits per heavy atom. The summed E-state index contributed by atoms with van der Waals surface area (Å²) in [5.74, 6) is 0.00454. The minimum atomic E-state index is 0.00454. The van der Waals surface area contributed by atoms with E-state index in [2.05, 4.69) is 18.3 Å². The Hall–Kier alpha value is -1.86. The zero-order valence-electron chi connectivity index (χ0n) is 10.7. The summed E-state index contributed by atoms with van der Waals surface area (Å²) in [5.41, 5.74) is 0.844. The van der Waals surface area contributed by atoms with Crippen molar-refractivity contribution < 1.29 is 4.79 Å². The summed E-state index contributed by atoms with van der Waals surface area (Å²) >= 11 is 0. The molecule has 1 aromatic rings. The zero-order valence-corrected chi connectivity index (χ0v) is 10.7. The van der Waals surface area contributed by atoms with E-state index in [1.807, 2.05) is 30.3 Å². The summed E-state index contributed by atoms with van der Waals surface area (Å²) in [7, 11) is 0. The third-order valence-electron chi connectivity index (χ3n) is 2.52. The minimum absolute atomic E-state index is 0.00454. The van der Waals surface area contributed by atoms with Gasteiger partial charge in [-0.2, -0.15) is 5.26 Å². The molecule has 18 heavy (non-hydrogen) atoms. The van der Waals surface area contributed by atoms with Gasteiger partial charge in [-0.05, 0) is 25.1 Å². The Morgan fingerprint density at radius 3 is 2.72 bits per heavy atom. The van der Waals surface area contributed by atoms with Crippen LogP contribution in [-0.2, 0) is 4.79 Å². The van der Waals surface area contributed by atoms with Crippen LogP contribution in [-0.4, -0.2) is 25.5 Å². The van der Waals surface area contributed by atoms with E-state index in [9.17, 15) is 4.79 Å². The molecule has 0 saturated carbocycles. The third kappa shape index (κ3) is 4.56. The molecule has 0 atom stereocenters. The smallest absolute Gasteiger partial charge is 0.240 e. The highest BCUT2D eigenvalue weighted by Gasteiger charge is 2.14. The number of hydrogen-bond acceptors (Lipinski definition) is 3. The van der Waals surface area contributed by atoms with Crippen molar-refractivity contribution in [2.45, 2.75) is 19.8 Å². The average Bonchev–Trinajstić information content (AvgIpc) is 2.41. The highest BCUT2D eigenvalue weighted by molar-refractivity contribution is 5.94. The molecule has 0 aliphatic rings. The quantitative estimate of drug-likeness (QED) is 0.747. The molecule has 0 bridgehead atoms. The largest absolute Gasteiger partial charge is 0.310 e. The fraction of sp³-hybridized carbons (Fsp3) is 0.429. The lowest BCUT2D eigenvalue weighted by Gasteiger charge is -2.22. The maximum atomic E-state index is 12.1. The Kier molecular flexibility index (Phi) is 6.52. The number of nitrogens with one attached hydrogen (secondary N) is 1. The van der Waals surface area contributed by atoms with Crippen LogP contribution in [0.4, 0.5) is 5.69 Å². The third-order valence-corrected chi connectivity index (χ3v) is 2.52. The van der Waals surface area contributed by atoms with Gasteiger partial charge in [0.15, 0.2) is 0 Å². The van der Waals surface area contributed by atoms with Gasteiger partial charge in [0.2, 0.25) is 5.91 Å². The predicted octanol–water partition coefficient (Wildman–Crippen LogP) is 1.93. The van der Waals surface area contributed by atoms with Crippen molar-refractivity contribution in [3.8, 4) is 6.07 Å². The van der Waals surface area contributed by atoms with Crippen LogP contribution in [0.2, 0.25) is 0 Å². The maximum Gasteiger partial charge on any atom is 0.240 e. The molecule has 0 aromatic heterocycles. The van der Waals surface area contributed by atoms with Gasteiger partial charge in [0.25, 0.3) is 0 Å². The normalized spacial score (nSPS) is 9.78. The Morgan fingerprint density at radius 1 is 1.39 bits per heavy atom. The van der Waals surface area contributed by atoms with Crippen LogP contribution >= 0.6 is 0 Å². The number of nitrogens with zero attached hydrogens (tertiary/aromatic N) is 2. The van der Waals surface area contributed by atoms with Gasteiger partial charge in [-0.3, -0.25) is 4.79 Å². The molecule has 0 spiro atoms. The molecule has 96 valence electrons. The molecule has 0 aliphatic heterocycles. The topological polar surface area (TPSA) is 56.1 Å². The number of carbonyl (C=O) groups excluding carboxylic acids is 1. The van der Waals surface area contributed by atoms with Gasteiger partial charge >= 0.3 is 0 Å². The summed E-state index contributed by atoms with van der Waals surface area (Å²) in [4.78, 5) is 13.7. The van der Waals surface area contributed by atoms with E-state index in [0.29, 0.717) is 19.5 Å². The molecule has 0 aliphatic carbocycles. The van der Waals surface area contributed by atoms with Crippen LogP contribution in [0, 0.1) is 11.3 Å². The lowest BCUT2D eigenvalue weighted by atomic mass is 10.2. The number of para-hydroxylation sites is 1. The van der Waals surface area contributed by atoms with E-state index in [1.54, 1.807) is 4.90 Å². The van der Waals surface area contributed by atoms with Crippen molar-refractivity contribution >= 4 is 11.6 Å². The Bertz CT molecular complexity index is 397. The summed E-state index contributed by atoms with van der Waals surface area (Å²) in [6.45, 7) is 3.63. The van der Waals surface area contributed by atoms with Gasteiger partial charge in [0.05, 0.1) is 19.0 Å². The molecule has 1 N–H and O–H groups in total. The minimum Gasteiger partial charge on any atom is -0.310 e. The number of anilines is 1. The van der Waals surface area contributed by atoms with Crippen molar-refractivity contribution in [1.82, 2.24) is 5.32 Å². The van der Waals surface area contributed by atoms with Crippen molar-refractivity contribution in [2.75, 3.05) is 24.5 Å². The zero-order chi connectivity index (χ0) is 13.2. The summed E-state index contributed by atoms with van der Waals surface area (Å²) in [5, 5.41) is 11.7. The van der Waals surface area contributed by atoms with E-state index >= 15 is 0 Å². The number of hydrogen-bond donors (Lipinski definition) is 1. The molecule has 0 saturated heterocycles. The molecule has 4 nitrogen and oxygen atoms in total. The first-order valence-corrected chi connectivity index (χ1v) is 6.22. The Balaban J connectivity index is 2.66. The number of amides is 1. The average molecular weight is 245 g/mol. The molecule has 0 unspecified atom stereocenters. The van der Waals surface area contributed by atoms with Crippen molar-refractivity contribution in [3.63, 3.8) is 0 Å². The number of nitriles is 1. The van der Waals surface area contributed by atoms with E-state index in [1.165, 1.54) is 0 Å². The molecule has 1 amide bonds. The van der Waals surface area contributed by atoms with Gasteiger partial charge in [0.1, 0.15) is 0 Å². The highest BCUT2D eigenvalue weighted by Crippen LogP contribution is 2.13. The molecular weight excluding hydrogens is 226 g/mol. The fourth-order valence-electron chi connectivity index (χ4n) is 1.64. The van der Waals surface area contributed by atoms with Crippen LogP contribution in [0.5, 0.6) is 0 Å². The van der Waals surface area contributed by atoms with Crippen LogP contribution < -0.4 is 10.2 Å². The fourth-order valence-corrected chi connectivity index (χ4v) is 1.64. The van der Waals surface area contributed by atoms with Gasteiger partial charge in [0, 0.05) is 12.2 Å². The molecule has 1 rings (SSSR count). The first-order valence-electron chi connectivity index (χ1n) is 6.22.